The third-order valence-corrected chi connectivity index (χ3v) is 4.93. The molecule has 0 saturated heterocycles. The lowest BCUT2D eigenvalue weighted by Gasteiger charge is -2.17. The average Bonchev–Trinajstić information content (AvgIpc) is 3.36. The highest BCUT2D eigenvalue weighted by Gasteiger charge is 2.23. The number of carbonyl (C=O) groups is 1. The first kappa shape index (κ1) is 19.9. The van der Waals surface area contributed by atoms with Gasteiger partial charge in [0.15, 0.2) is 5.96 Å². The zero-order chi connectivity index (χ0) is 19.8. The van der Waals surface area contributed by atoms with Crippen molar-refractivity contribution in [1.82, 2.24) is 25.4 Å². The maximum absolute atomic E-state index is 12.5. The van der Waals surface area contributed by atoms with Gasteiger partial charge in [-0.05, 0) is 24.5 Å². The van der Waals surface area contributed by atoms with Gasteiger partial charge in [-0.3, -0.25) is 9.79 Å². The summed E-state index contributed by atoms with van der Waals surface area (Å²) in [4.78, 5) is 18.7. The van der Waals surface area contributed by atoms with Crippen molar-refractivity contribution in [2.45, 2.75) is 39.2 Å². The number of carbonyl (C=O) groups excluding carboxylic acids is 1. The molecule has 0 bridgehead atoms. The minimum atomic E-state index is 0.189. The van der Waals surface area contributed by atoms with Gasteiger partial charge in [0.05, 0.1) is 0 Å². The lowest BCUT2D eigenvalue weighted by Crippen LogP contribution is -2.39. The Hall–Kier alpha value is -2.90. The number of anilines is 1. The number of para-hydroxylation sites is 1. The van der Waals surface area contributed by atoms with Crippen LogP contribution in [0.1, 0.15) is 31.2 Å². The summed E-state index contributed by atoms with van der Waals surface area (Å²) in [5, 5.41) is 14.6. The van der Waals surface area contributed by atoms with Crippen LogP contribution in [0, 0.1) is 0 Å². The number of fused-ring (bicyclic) bond motifs is 1. The van der Waals surface area contributed by atoms with Crippen molar-refractivity contribution >= 4 is 17.6 Å². The molecule has 8 heteroatoms. The molecule has 28 heavy (non-hydrogen) atoms. The van der Waals surface area contributed by atoms with E-state index in [1.165, 1.54) is 5.56 Å². The summed E-state index contributed by atoms with van der Waals surface area (Å²) in [6.45, 7) is 5.07. The molecule has 2 N–H and O–H groups in total. The third kappa shape index (κ3) is 4.88. The van der Waals surface area contributed by atoms with Crippen molar-refractivity contribution in [2.75, 3.05) is 31.6 Å². The highest BCUT2D eigenvalue weighted by atomic mass is 16.2. The fraction of sp³-hybridized carbons (Fsp3) is 0.500. The number of aryl methyl sites for hydroxylation is 1. The Bertz CT molecular complexity index is 814. The second kappa shape index (κ2) is 9.87. The van der Waals surface area contributed by atoms with Crippen LogP contribution in [0.25, 0.3) is 0 Å². The molecule has 3 rings (SSSR count). The van der Waals surface area contributed by atoms with Gasteiger partial charge in [0, 0.05) is 51.8 Å². The number of guanidine groups is 1. The lowest BCUT2D eigenvalue weighted by atomic mass is 10.2. The summed E-state index contributed by atoms with van der Waals surface area (Å²) in [5.41, 5.74) is 2.33. The largest absolute Gasteiger partial charge is 0.356 e. The van der Waals surface area contributed by atoms with E-state index in [1.54, 1.807) is 13.4 Å². The highest BCUT2D eigenvalue weighted by molar-refractivity contribution is 5.95. The molecule has 0 unspecified atom stereocenters. The molecular weight excluding hydrogens is 354 g/mol. The van der Waals surface area contributed by atoms with Crippen molar-refractivity contribution in [3.8, 4) is 0 Å². The van der Waals surface area contributed by atoms with E-state index in [0.29, 0.717) is 13.0 Å². The molecule has 1 amide bonds. The SMILES string of the molecule is CCc1nncn1CCNC(=NC)NCCCC(=O)N1CCc2ccccc21. The van der Waals surface area contributed by atoms with Crippen LogP contribution >= 0.6 is 0 Å². The van der Waals surface area contributed by atoms with E-state index in [0.717, 1.165) is 56.4 Å². The zero-order valence-corrected chi connectivity index (χ0v) is 16.7. The van der Waals surface area contributed by atoms with E-state index in [2.05, 4.69) is 38.8 Å². The fourth-order valence-corrected chi connectivity index (χ4v) is 3.43. The Morgan fingerprint density at radius 2 is 2.07 bits per heavy atom. The molecule has 0 spiro atoms. The number of aromatic nitrogens is 3. The summed E-state index contributed by atoms with van der Waals surface area (Å²) in [7, 11) is 1.75. The zero-order valence-electron chi connectivity index (χ0n) is 16.7. The molecule has 1 aromatic heterocycles. The molecule has 0 radical (unpaired) electrons. The maximum atomic E-state index is 12.5. The molecule has 0 atom stereocenters. The van der Waals surface area contributed by atoms with Gasteiger partial charge < -0.3 is 20.1 Å². The molecule has 2 heterocycles. The van der Waals surface area contributed by atoms with Gasteiger partial charge in [0.2, 0.25) is 5.91 Å². The number of aliphatic imine (C=N–C) groups is 1. The summed E-state index contributed by atoms with van der Waals surface area (Å²) < 4.78 is 2.03. The quantitative estimate of drug-likeness (QED) is 0.408. The summed E-state index contributed by atoms with van der Waals surface area (Å²) >= 11 is 0. The standard InChI is InChI=1S/C20H29N7O/c1-3-18-25-24-15-26(18)14-12-23-20(21-2)22-11-6-9-19(28)27-13-10-16-7-4-5-8-17(16)27/h4-5,7-8,15H,3,6,9-14H2,1-2H3,(H2,21,22,23). The predicted octanol–water partition coefficient (Wildman–Crippen LogP) is 1.38. The molecule has 1 aliphatic rings. The Labute approximate surface area is 166 Å². The number of nitrogens with one attached hydrogen (secondary N) is 2. The Balaban J connectivity index is 1.35. The number of amides is 1. The van der Waals surface area contributed by atoms with Crippen LogP contribution in [-0.2, 0) is 24.2 Å². The first-order chi connectivity index (χ1) is 13.7. The van der Waals surface area contributed by atoms with Crippen molar-refractivity contribution in [3.63, 3.8) is 0 Å². The molecule has 0 fully saturated rings. The predicted molar refractivity (Wildman–Crippen MR) is 110 cm³/mol. The van der Waals surface area contributed by atoms with E-state index in [1.807, 2.05) is 27.7 Å². The van der Waals surface area contributed by atoms with Gasteiger partial charge in [-0.25, -0.2) is 0 Å². The number of hydrogen-bond acceptors (Lipinski definition) is 4. The summed E-state index contributed by atoms with van der Waals surface area (Å²) in [5.74, 6) is 1.91. The van der Waals surface area contributed by atoms with Gasteiger partial charge >= 0.3 is 0 Å². The minimum Gasteiger partial charge on any atom is -0.356 e. The van der Waals surface area contributed by atoms with Crippen LogP contribution in [0.2, 0.25) is 0 Å². The van der Waals surface area contributed by atoms with Crippen molar-refractivity contribution < 1.29 is 4.79 Å². The van der Waals surface area contributed by atoms with Gasteiger partial charge in [-0.1, -0.05) is 25.1 Å². The van der Waals surface area contributed by atoms with Crippen LogP contribution in [0.4, 0.5) is 5.69 Å². The number of nitrogens with zero attached hydrogens (tertiary/aromatic N) is 5. The monoisotopic (exact) mass is 383 g/mol. The summed E-state index contributed by atoms with van der Waals surface area (Å²) in [6, 6.07) is 8.15. The van der Waals surface area contributed by atoms with Crippen LogP contribution < -0.4 is 15.5 Å². The van der Waals surface area contributed by atoms with Crippen LogP contribution in [0.15, 0.2) is 35.6 Å². The Kier molecular flexibility index (Phi) is 7.00. The van der Waals surface area contributed by atoms with Crippen molar-refractivity contribution in [1.29, 1.82) is 0 Å². The summed E-state index contributed by atoms with van der Waals surface area (Å²) in [6.07, 6.45) is 4.85. The Morgan fingerprint density at radius 3 is 2.89 bits per heavy atom. The van der Waals surface area contributed by atoms with E-state index < -0.39 is 0 Å². The van der Waals surface area contributed by atoms with E-state index >= 15 is 0 Å². The van der Waals surface area contributed by atoms with E-state index in [4.69, 9.17) is 0 Å². The van der Waals surface area contributed by atoms with Crippen LogP contribution in [-0.4, -0.2) is 53.3 Å². The third-order valence-electron chi connectivity index (χ3n) is 4.93. The first-order valence-corrected chi connectivity index (χ1v) is 9.92. The van der Waals surface area contributed by atoms with Gasteiger partial charge in [-0.2, -0.15) is 0 Å². The van der Waals surface area contributed by atoms with Crippen LogP contribution in [0.3, 0.4) is 0 Å². The van der Waals surface area contributed by atoms with Gasteiger partial charge in [0.1, 0.15) is 12.2 Å². The second-order valence-corrected chi connectivity index (χ2v) is 6.75. The average molecular weight is 384 g/mol. The van der Waals surface area contributed by atoms with E-state index in [-0.39, 0.29) is 5.91 Å². The number of benzene rings is 1. The molecule has 1 aromatic carbocycles. The smallest absolute Gasteiger partial charge is 0.227 e. The minimum absolute atomic E-state index is 0.189. The molecule has 8 nitrogen and oxygen atoms in total. The molecule has 0 saturated carbocycles. The highest BCUT2D eigenvalue weighted by Crippen LogP contribution is 2.27. The fourth-order valence-electron chi connectivity index (χ4n) is 3.43. The van der Waals surface area contributed by atoms with Crippen molar-refractivity contribution in [3.05, 3.63) is 42.0 Å². The maximum Gasteiger partial charge on any atom is 0.227 e. The topological polar surface area (TPSA) is 87.4 Å². The molecular formula is C20H29N7O. The van der Waals surface area contributed by atoms with E-state index in [9.17, 15) is 4.79 Å². The van der Waals surface area contributed by atoms with Crippen LogP contribution in [0.5, 0.6) is 0 Å². The molecule has 150 valence electrons. The lowest BCUT2D eigenvalue weighted by molar-refractivity contribution is -0.118. The Morgan fingerprint density at radius 1 is 1.25 bits per heavy atom. The number of hydrogen-bond donors (Lipinski definition) is 2. The normalized spacial score (nSPS) is 13.5. The van der Waals surface area contributed by atoms with Gasteiger partial charge in [0.25, 0.3) is 0 Å². The molecule has 2 aromatic rings. The molecule has 0 aliphatic carbocycles. The second-order valence-electron chi connectivity index (χ2n) is 6.75. The molecule has 1 aliphatic heterocycles. The van der Waals surface area contributed by atoms with Gasteiger partial charge in [-0.15, -0.1) is 10.2 Å². The number of rotatable bonds is 8. The first-order valence-electron chi connectivity index (χ1n) is 9.92. The van der Waals surface area contributed by atoms with Crippen molar-refractivity contribution in [2.24, 2.45) is 4.99 Å².